The fraction of sp³-hybridized carbons (Fsp3) is 0.404. The molecule has 0 spiro atoms. The number of nitriles is 1. The smallest absolute Gasteiger partial charge is 0.480 e. The maximum Gasteiger partial charge on any atom is 0.508 e. The molecule has 430 valence electrons. The van der Waals surface area contributed by atoms with Gasteiger partial charge in [-0.3, -0.25) is 38.9 Å². The molecule has 4 aromatic heterocycles. The fourth-order valence-electron chi connectivity index (χ4n) is 8.51. The van der Waals surface area contributed by atoms with Crippen LogP contribution in [0, 0.1) is 17.2 Å². The van der Waals surface area contributed by atoms with Gasteiger partial charge in [0, 0.05) is 78.0 Å². The van der Waals surface area contributed by atoms with Gasteiger partial charge in [-0.15, -0.1) is 0 Å². The second-order valence-corrected chi connectivity index (χ2v) is 21.6. The van der Waals surface area contributed by atoms with Crippen LogP contribution in [0.4, 0.5) is 19.3 Å². The average molecular weight is 1180 g/mol. The molecule has 81 heavy (non-hydrogen) atoms. The first-order valence-corrected chi connectivity index (χ1v) is 27.8. The van der Waals surface area contributed by atoms with E-state index in [9.17, 15) is 58.1 Å². The molecule has 5 aromatic rings. The summed E-state index contributed by atoms with van der Waals surface area (Å²) in [6.45, 7) is -1.38. The van der Waals surface area contributed by atoms with Crippen LogP contribution in [0.1, 0.15) is 47.9 Å². The second kappa shape index (κ2) is 28.3. The van der Waals surface area contributed by atoms with E-state index >= 15 is 0 Å². The van der Waals surface area contributed by atoms with Gasteiger partial charge in [0.1, 0.15) is 31.4 Å². The number of hydrogen-bond donors (Lipinski definition) is 8. The largest absolute Gasteiger partial charge is 0.508 e. The molecule has 0 saturated carbocycles. The number of nitrogens with one attached hydrogen (secondary N) is 4. The van der Waals surface area contributed by atoms with E-state index in [0.717, 1.165) is 50.1 Å². The summed E-state index contributed by atoms with van der Waals surface area (Å²) in [6, 6.07) is 12.1. The van der Waals surface area contributed by atoms with E-state index in [1.807, 2.05) is 30.3 Å². The molecule has 1 aromatic carbocycles. The van der Waals surface area contributed by atoms with Crippen molar-refractivity contribution in [2.45, 2.75) is 81.9 Å². The van der Waals surface area contributed by atoms with Gasteiger partial charge in [-0.05, 0) is 47.5 Å². The average Bonchev–Trinajstić information content (AvgIpc) is 3.83. The SMILES string of the molecule is COc1ncc(-c2ccc3nccc(-c4ccc(COC(=O)OCCSSCC(NC(=O)CCC(=O)NCc5cc(C(=O)NCC(=O)N6CC(F)(F)C[C@H]6C#N)c(Cl)cn5)C(=O)N[C@@H]5[C@@H](O)[C@H](C)C(O)O[C@H]5CO)nc4)c3c2)cc1N. The predicted octanol–water partition coefficient (Wildman–Crippen LogP) is 3.29. The zero-order chi connectivity index (χ0) is 58.4. The first-order valence-electron chi connectivity index (χ1n) is 24.9. The number of amides is 5. The fourth-order valence-corrected chi connectivity index (χ4v) is 10.7. The summed E-state index contributed by atoms with van der Waals surface area (Å²) >= 11 is 6.16. The molecule has 29 heteroatoms. The molecule has 2 fully saturated rings. The lowest BCUT2D eigenvalue weighted by Crippen LogP contribution is -2.64. The van der Waals surface area contributed by atoms with E-state index in [2.05, 4.69) is 41.2 Å². The number of nitrogen functional groups attached to an aromatic ring is 1. The number of likely N-dealkylation sites (tertiary alicyclic amines) is 1. The number of aliphatic hydroxyl groups is 3. The number of rotatable bonds is 23. The molecule has 7 rings (SSSR count). The van der Waals surface area contributed by atoms with Crippen molar-refractivity contribution >= 4 is 85.5 Å². The van der Waals surface area contributed by atoms with Crippen LogP contribution in [0.5, 0.6) is 5.88 Å². The summed E-state index contributed by atoms with van der Waals surface area (Å²) in [7, 11) is 3.82. The van der Waals surface area contributed by atoms with E-state index in [0.29, 0.717) is 22.2 Å². The Bertz CT molecular complexity index is 3150. The maximum atomic E-state index is 13.8. The standard InChI is InChI=1S/C52H56ClF2N11O13S2/c1-27-46(71)45(41(23-67)79-50(27)74)65-48(73)40(64-43(69)8-7-42(68)61-20-32-15-36(37(53)21-60-32)47(72)62-22-44(70)66-26-52(54,55)16-33(66)17-56)25-81-80-12-11-77-51(75)78-24-31-5-3-29(18-59-31)34-9-10-58-39-6-4-28(13-35(34)39)30-14-38(57)49(76-2)63-19-30/h3-6,9-10,13-15,18-19,21,27,33,40-41,45-46,50,67,71,74H,7-8,11-12,16,20,22-26,57H2,1-2H3,(H,61,68)(H,62,72)(H,64,69)(H,65,73)/t27-,33-,40?,41-,45-,46-,50?/m0/s1. The summed E-state index contributed by atoms with van der Waals surface area (Å²) in [4.78, 5) is 95.9. The number of carbonyl (C=O) groups is 6. The van der Waals surface area contributed by atoms with Crippen LogP contribution in [-0.4, -0.2) is 163 Å². The Morgan fingerprint density at radius 3 is 2.43 bits per heavy atom. The van der Waals surface area contributed by atoms with E-state index < -0.39 is 117 Å². The number of aromatic nitrogens is 4. The molecule has 24 nitrogen and oxygen atoms in total. The Balaban J connectivity index is 0.863. The van der Waals surface area contributed by atoms with Crippen LogP contribution >= 0.6 is 33.2 Å². The van der Waals surface area contributed by atoms with E-state index in [1.54, 1.807) is 36.8 Å². The van der Waals surface area contributed by atoms with Crippen molar-refractivity contribution in [1.82, 2.24) is 46.1 Å². The number of fused-ring (bicyclic) bond motifs is 1. The van der Waals surface area contributed by atoms with Gasteiger partial charge in [-0.25, -0.2) is 18.6 Å². The first kappa shape index (κ1) is 61.1. The lowest BCUT2D eigenvalue weighted by molar-refractivity contribution is -0.238. The van der Waals surface area contributed by atoms with Crippen LogP contribution in [0.15, 0.2) is 73.3 Å². The number of nitrogens with zero attached hydrogens (tertiary/aromatic N) is 6. The lowest BCUT2D eigenvalue weighted by Gasteiger charge is -2.41. The van der Waals surface area contributed by atoms with Crippen molar-refractivity contribution < 1.29 is 71.8 Å². The Morgan fingerprint density at radius 2 is 1.70 bits per heavy atom. The highest BCUT2D eigenvalue weighted by molar-refractivity contribution is 8.76. The highest BCUT2D eigenvalue weighted by atomic mass is 35.5. The Hall–Kier alpha value is -7.52. The summed E-state index contributed by atoms with van der Waals surface area (Å²) in [5.74, 6) is -7.52. The molecule has 2 aliphatic rings. The Kier molecular flexibility index (Phi) is 21.3. The highest BCUT2D eigenvalue weighted by Crippen LogP contribution is 2.34. The number of alkyl halides is 2. The van der Waals surface area contributed by atoms with Crippen LogP contribution in [0.2, 0.25) is 5.02 Å². The van der Waals surface area contributed by atoms with Crippen molar-refractivity contribution in [3.63, 3.8) is 0 Å². The van der Waals surface area contributed by atoms with Crippen molar-refractivity contribution in [3.8, 4) is 34.2 Å². The van der Waals surface area contributed by atoms with Gasteiger partial charge < -0.3 is 66.2 Å². The van der Waals surface area contributed by atoms with Gasteiger partial charge in [-0.1, -0.05) is 52.2 Å². The first-order chi connectivity index (χ1) is 38.8. The minimum absolute atomic E-state index is 0.0706. The van der Waals surface area contributed by atoms with Gasteiger partial charge in [0.2, 0.25) is 29.5 Å². The van der Waals surface area contributed by atoms with Crippen molar-refractivity contribution in [2.24, 2.45) is 5.92 Å². The van der Waals surface area contributed by atoms with Crippen LogP contribution in [0.25, 0.3) is 33.2 Å². The molecule has 0 bridgehead atoms. The third kappa shape index (κ3) is 16.3. The monoisotopic (exact) mass is 1180 g/mol. The normalized spacial score (nSPS) is 19.6. The van der Waals surface area contributed by atoms with Crippen LogP contribution in [0.3, 0.4) is 0 Å². The number of aliphatic hydroxyl groups excluding tert-OH is 3. The summed E-state index contributed by atoms with van der Waals surface area (Å²) in [6.07, 6.45) is -0.379. The van der Waals surface area contributed by atoms with Crippen LogP contribution in [-0.2, 0) is 46.5 Å². The third-order valence-corrected chi connectivity index (χ3v) is 15.6. The number of carbonyl (C=O) groups excluding carboxylic acids is 6. The molecule has 7 atom stereocenters. The van der Waals surface area contributed by atoms with Crippen LogP contribution < -0.4 is 31.7 Å². The lowest BCUT2D eigenvalue weighted by atomic mass is 9.90. The Labute approximate surface area is 474 Å². The molecular weight excluding hydrogens is 1120 g/mol. The molecule has 2 unspecified atom stereocenters. The molecule has 0 radical (unpaired) electrons. The number of halogens is 3. The highest BCUT2D eigenvalue weighted by Gasteiger charge is 2.47. The number of anilines is 1. The molecule has 2 saturated heterocycles. The van der Waals surface area contributed by atoms with E-state index in [-0.39, 0.29) is 54.0 Å². The van der Waals surface area contributed by atoms with Crippen molar-refractivity contribution in [2.75, 3.05) is 50.7 Å². The quantitative estimate of drug-likeness (QED) is 0.0264. The number of pyridine rings is 4. The third-order valence-electron chi connectivity index (χ3n) is 12.9. The number of ether oxygens (including phenoxy) is 4. The van der Waals surface area contributed by atoms with E-state index in [4.69, 9.17) is 36.3 Å². The number of benzene rings is 1. The van der Waals surface area contributed by atoms with Gasteiger partial charge >= 0.3 is 6.16 Å². The van der Waals surface area contributed by atoms with Gasteiger partial charge in [0.05, 0.1) is 84.7 Å². The minimum Gasteiger partial charge on any atom is -0.480 e. The van der Waals surface area contributed by atoms with Gasteiger partial charge in [0.25, 0.3) is 11.8 Å². The maximum absolute atomic E-state index is 13.8. The van der Waals surface area contributed by atoms with Gasteiger partial charge in [-0.2, -0.15) is 5.26 Å². The summed E-state index contributed by atoms with van der Waals surface area (Å²) < 4.78 is 48.7. The summed E-state index contributed by atoms with van der Waals surface area (Å²) in [5.41, 5.74) is 11.0. The molecule has 9 N–H and O–H groups in total. The van der Waals surface area contributed by atoms with Crippen molar-refractivity contribution in [1.29, 1.82) is 5.26 Å². The second-order valence-electron chi connectivity index (χ2n) is 18.5. The number of methoxy groups -OCH3 is 1. The zero-order valence-corrected chi connectivity index (χ0v) is 45.8. The van der Waals surface area contributed by atoms with Crippen molar-refractivity contribution in [3.05, 3.63) is 95.3 Å². The molecule has 5 amide bonds. The predicted molar refractivity (Wildman–Crippen MR) is 291 cm³/mol. The zero-order valence-electron chi connectivity index (χ0n) is 43.4. The topological polar surface area (TPSA) is 353 Å². The minimum atomic E-state index is -3.25. The number of hydrogen-bond acceptors (Lipinski definition) is 21. The molecular formula is C52H56ClF2N11O13S2. The molecule has 6 heterocycles. The summed E-state index contributed by atoms with van der Waals surface area (Å²) in [5, 5.41) is 50.9. The van der Waals surface area contributed by atoms with E-state index in [1.165, 1.54) is 30.9 Å². The Morgan fingerprint density at radius 1 is 0.951 bits per heavy atom. The number of nitrogens with two attached hydrogens (primary N) is 1. The molecule has 2 aliphatic heterocycles. The van der Waals surface area contributed by atoms with Gasteiger partial charge in [0.15, 0.2) is 6.29 Å². The molecule has 0 aliphatic carbocycles.